The number of halogens is 2. The standard InChI is InChI=1S/C13H7ClIN3O3/c14-13-9(2-1-3-17-13)7-21-12-10(15)4-8(6-16)5-11(12)18(19)20/h1-5H,7H2. The van der Waals surface area contributed by atoms with Crippen molar-refractivity contribution in [1.82, 2.24) is 4.98 Å². The van der Waals surface area contributed by atoms with Gasteiger partial charge < -0.3 is 4.74 Å². The first-order valence-corrected chi connectivity index (χ1v) is 7.09. The lowest BCUT2D eigenvalue weighted by Crippen LogP contribution is -2.02. The van der Waals surface area contributed by atoms with Gasteiger partial charge in [-0.05, 0) is 34.7 Å². The lowest BCUT2D eigenvalue weighted by molar-refractivity contribution is -0.386. The normalized spacial score (nSPS) is 9.95. The summed E-state index contributed by atoms with van der Waals surface area (Å²) in [6.45, 7) is 0.0510. The average Bonchev–Trinajstić information content (AvgIpc) is 2.46. The van der Waals surface area contributed by atoms with E-state index in [1.807, 2.05) is 28.7 Å². The van der Waals surface area contributed by atoms with Gasteiger partial charge in [0.15, 0.2) is 0 Å². The quantitative estimate of drug-likeness (QED) is 0.329. The fourth-order valence-corrected chi connectivity index (χ4v) is 2.54. The van der Waals surface area contributed by atoms with Crippen molar-refractivity contribution in [2.24, 2.45) is 0 Å². The van der Waals surface area contributed by atoms with Crippen molar-refractivity contribution in [2.45, 2.75) is 6.61 Å². The molecule has 0 bridgehead atoms. The fourth-order valence-electron chi connectivity index (χ4n) is 1.60. The first-order chi connectivity index (χ1) is 10.0. The Balaban J connectivity index is 2.34. The Labute approximate surface area is 138 Å². The van der Waals surface area contributed by atoms with E-state index in [-0.39, 0.29) is 28.8 Å². The average molecular weight is 416 g/mol. The van der Waals surface area contributed by atoms with E-state index >= 15 is 0 Å². The van der Waals surface area contributed by atoms with E-state index in [9.17, 15) is 10.1 Å². The van der Waals surface area contributed by atoms with Crippen molar-refractivity contribution < 1.29 is 9.66 Å². The van der Waals surface area contributed by atoms with E-state index in [0.29, 0.717) is 9.13 Å². The molecule has 0 amide bonds. The third-order valence-corrected chi connectivity index (χ3v) is 3.70. The first-order valence-electron chi connectivity index (χ1n) is 5.63. The maximum Gasteiger partial charge on any atom is 0.313 e. The monoisotopic (exact) mass is 415 g/mol. The van der Waals surface area contributed by atoms with E-state index in [0.717, 1.165) is 0 Å². The summed E-state index contributed by atoms with van der Waals surface area (Å²) < 4.78 is 6.00. The summed E-state index contributed by atoms with van der Waals surface area (Å²) in [7, 11) is 0. The van der Waals surface area contributed by atoms with Crippen molar-refractivity contribution in [1.29, 1.82) is 5.26 Å². The van der Waals surface area contributed by atoms with Crippen molar-refractivity contribution in [3.63, 3.8) is 0 Å². The summed E-state index contributed by atoms with van der Waals surface area (Å²) in [4.78, 5) is 14.4. The Morgan fingerprint density at radius 1 is 1.52 bits per heavy atom. The van der Waals surface area contributed by atoms with Crippen LogP contribution in [-0.2, 0) is 6.61 Å². The lowest BCUT2D eigenvalue weighted by Gasteiger charge is -2.09. The summed E-state index contributed by atoms with van der Waals surface area (Å²) >= 11 is 7.80. The maximum absolute atomic E-state index is 11.1. The SMILES string of the molecule is N#Cc1cc(I)c(OCc2cccnc2Cl)c([N+](=O)[O-])c1. The first kappa shape index (κ1) is 15.5. The van der Waals surface area contributed by atoms with Gasteiger partial charge in [0.05, 0.1) is 20.1 Å². The molecule has 0 saturated carbocycles. The zero-order chi connectivity index (χ0) is 15.4. The van der Waals surface area contributed by atoms with Crippen molar-refractivity contribution in [3.05, 3.63) is 60.4 Å². The fraction of sp³-hybridized carbons (Fsp3) is 0.0769. The second-order valence-corrected chi connectivity index (χ2v) is 5.44. The summed E-state index contributed by atoms with van der Waals surface area (Å²) in [6, 6.07) is 8.00. The van der Waals surface area contributed by atoms with Crippen molar-refractivity contribution in [3.8, 4) is 11.8 Å². The molecule has 0 unspecified atom stereocenters. The smallest absolute Gasteiger partial charge is 0.313 e. The topological polar surface area (TPSA) is 89.0 Å². The molecule has 0 atom stereocenters. The summed E-state index contributed by atoms with van der Waals surface area (Å²) in [5.41, 5.74) is 0.574. The maximum atomic E-state index is 11.1. The minimum Gasteiger partial charge on any atom is -0.481 e. The van der Waals surface area contributed by atoms with Gasteiger partial charge in [-0.2, -0.15) is 5.26 Å². The van der Waals surface area contributed by atoms with Crippen LogP contribution in [0.15, 0.2) is 30.5 Å². The predicted octanol–water partition coefficient (Wildman–Crippen LogP) is 3.70. The minimum absolute atomic E-state index is 0.0510. The molecule has 2 aromatic rings. The van der Waals surface area contributed by atoms with Crippen LogP contribution in [0.5, 0.6) is 5.75 Å². The van der Waals surface area contributed by atoms with Crippen LogP contribution in [0.1, 0.15) is 11.1 Å². The molecule has 0 radical (unpaired) electrons. The number of hydrogen-bond acceptors (Lipinski definition) is 5. The Morgan fingerprint density at radius 3 is 2.90 bits per heavy atom. The second-order valence-electron chi connectivity index (χ2n) is 3.92. The molecule has 2 rings (SSSR count). The molecule has 1 aromatic carbocycles. The van der Waals surface area contributed by atoms with Crippen LogP contribution >= 0.6 is 34.2 Å². The van der Waals surface area contributed by atoms with Crippen molar-refractivity contribution >= 4 is 39.9 Å². The lowest BCUT2D eigenvalue weighted by atomic mass is 10.2. The molecule has 0 saturated heterocycles. The Bertz CT molecular complexity index is 746. The Morgan fingerprint density at radius 2 is 2.29 bits per heavy atom. The van der Waals surface area contributed by atoms with Gasteiger partial charge in [0.25, 0.3) is 0 Å². The van der Waals surface area contributed by atoms with Gasteiger partial charge in [0.2, 0.25) is 5.75 Å². The Kier molecular flexibility index (Phi) is 4.93. The van der Waals surface area contributed by atoms with Crippen LogP contribution in [0.25, 0.3) is 0 Å². The van der Waals surface area contributed by atoms with Crippen LogP contribution in [0.3, 0.4) is 0 Å². The molecule has 21 heavy (non-hydrogen) atoms. The number of pyridine rings is 1. The number of ether oxygens (including phenoxy) is 1. The molecule has 0 spiro atoms. The molecule has 1 aromatic heterocycles. The van der Waals surface area contributed by atoms with Gasteiger partial charge in [-0.15, -0.1) is 0 Å². The third kappa shape index (κ3) is 3.59. The number of nitrogens with zero attached hydrogens (tertiary/aromatic N) is 3. The summed E-state index contributed by atoms with van der Waals surface area (Å²) in [6.07, 6.45) is 1.54. The number of rotatable bonds is 4. The van der Waals surface area contributed by atoms with Crippen LogP contribution in [0.2, 0.25) is 5.15 Å². The van der Waals surface area contributed by atoms with Crippen LogP contribution < -0.4 is 4.74 Å². The van der Waals surface area contributed by atoms with E-state index in [4.69, 9.17) is 21.6 Å². The van der Waals surface area contributed by atoms with Crippen LogP contribution in [0.4, 0.5) is 5.69 Å². The molecule has 0 aliphatic rings. The highest BCUT2D eigenvalue weighted by Crippen LogP contribution is 2.34. The second kappa shape index (κ2) is 6.69. The number of nitro benzene ring substituents is 1. The minimum atomic E-state index is -0.580. The summed E-state index contributed by atoms with van der Waals surface area (Å²) in [5.74, 6) is 0.111. The molecule has 6 nitrogen and oxygen atoms in total. The van der Waals surface area contributed by atoms with Gasteiger partial charge in [-0.3, -0.25) is 10.1 Å². The number of nitriles is 1. The Hall–Kier alpha value is -1.92. The van der Waals surface area contributed by atoms with Gasteiger partial charge in [0.1, 0.15) is 11.8 Å². The molecule has 0 aliphatic carbocycles. The molecular formula is C13H7ClIN3O3. The molecule has 0 N–H and O–H groups in total. The van der Waals surface area contributed by atoms with Gasteiger partial charge in [-0.1, -0.05) is 17.7 Å². The van der Waals surface area contributed by atoms with Crippen LogP contribution in [-0.4, -0.2) is 9.91 Å². The zero-order valence-electron chi connectivity index (χ0n) is 10.4. The third-order valence-electron chi connectivity index (χ3n) is 2.56. The highest BCUT2D eigenvalue weighted by atomic mass is 127. The van der Waals surface area contributed by atoms with Crippen molar-refractivity contribution in [2.75, 3.05) is 0 Å². The van der Waals surface area contributed by atoms with Crippen LogP contribution in [0, 0.1) is 25.0 Å². The largest absolute Gasteiger partial charge is 0.481 e. The number of hydrogen-bond donors (Lipinski definition) is 0. The van der Waals surface area contributed by atoms with Gasteiger partial charge in [0, 0.05) is 17.8 Å². The molecular weight excluding hydrogens is 409 g/mol. The van der Waals surface area contributed by atoms with Gasteiger partial charge in [-0.25, -0.2) is 4.98 Å². The van der Waals surface area contributed by atoms with E-state index < -0.39 is 4.92 Å². The highest BCUT2D eigenvalue weighted by Gasteiger charge is 2.20. The molecule has 106 valence electrons. The molecule has 0 fully saturated rings. The van der Waals surface area contributed by atoms with Gasteiger partial charge >= 0.3 is 5.69 Å². The number of benzene rings is 1. The molecule has 1 heterocycles. The van der Waals surface area contributed by atoms with E-state index in [1.54, 1.807) is 18.3 Å². The zero-order valence-corrected chi connectivity index (χ0v) is 13.3. The van der Waals surface area contributed by atoms with E-state index in [2.05, 4.69) is 4.98 Å². The van der Waals surface area contributed by atoms with E-state index in [1.165, 1.54) is 12.1 Å². The predicted molar refractivity (Wildman–Crippen MR) is 84.1 cm³/mol. The highest BCUT2D eigenvalue weighted by molar-refractivity contribution is 14.1. The molecule has 0 aliphatic heterocycles. The number of nitro groups is 1. The molecule has 8 heteroatoms. The summed E-state index contributed by atoms with van der Waals surface area (Å²) in [5, 5.41) is 20.2. The number of aromatic nitrogens is 1.